The Balaban J connectivity index is 1.95. The van der Waals surface area contributed by atoms with E-state index in [0.29, 0.717) is 16.4 Å². The van der Waals surface area contributed by atoms with E-state index in [-0.39, 0.29) is 5.91 Å². The van der Waals surface area contributed by atoms with E-state index >= 15 is 0 Å². The van der Waals surface area contributed by atoms with Crippen LogP contribution in [0.5, 0.6) is 0 Å². The molecule has 0 saturated heterocycles. The third kappa shape index (κ3) is 2.52. The number of rotatable bonds is 2. The average Bonchev–Trinajstić information content (AvgIpc) is 2.80. The molecule has 1 aromatic heterocycles. The molecule has 1 N–H and O–H groups in total. The van der Waals surface area contributed by atoms with Gasteiger partial charge >= 0.3 is 0 Å². The van der Waals surface area contributed by atoms with Gasteiger partial charge in [-0.2, -0.15) is 0 Å². The van der Waals surface area contributed by atoms with Gasteiger partial charge in [0.15, 0.2) is 0 Å². The van der Waals surface area contributed by atoms with Crippen molar-refractivity contribution in [1.82, 2.24) is 4.57 Å². The lowest BCUT2D eigenvalue weighted by molar-refractivity contribution is 0.102. The topological polar surface area (TPSA) is 34.0 Å². The smallest absolute Gasteiger partial charge is 0.272 e. The summed E-state index contributed by atoms with van der Waals surface area (Å²) in [6.45, 7) is 1.96. The Morgan fingerprint density at radius 2 is 1.90 bits per heavy atom. The highest BCUT2D eigenvalue weighted by atomic mass is 35.5. The van der Waals surface area contributed by atoms with Crippen molar-refractivity contribution >= 4 is 34.1 Å². The number of benzene rings is 2. The second-order valence-electron chi connectivity index (χ2n) is 5.08. The number of anilines is 1. The van der Waals surface area contributed by atoms with Gasteiger partial charge in [-0.1, -0.05) is 35.9 Å². The van der Waals surface area contributed by atoms with Gasteiger partial charge in [-0.25, -0.2) is 0 Å². The fourth-order valence-electron chi connectivity index (χ4n) is 2.41. The van der Waals surface area contributed by atoms with Crippen molar-refractivity contribution in [1.29, 1.82) is 0 Å². The van der Waals surface area contributed by atoms with Gasteiger partial charge in [-0.05, 0) is 36.8 Å². The second kappa shape index (κ2) is 5.26. The Morgan fingerprint density at radius 3 is 2.62 bits per heavy atom. The molecule has 3 aromatic rings. The number of carbonyl (C=O) groups is 1. The van der Waals surface area contributed by atoms with E-state index in [1.807, 2.05) is 67.1 Å². The van der Waals surface area contributed by atoms with Crippen LogP contribution in [-0.4, -0.2) is 10.5 Å². The molecule has 0 aliphatic heterocycles. The summed E-state index contributed by atoms with van der Waals surface area (Å²) in [5.41, 5.74) is 3.31. The van der Waals surface area contributed by atoms with Crippen LogP contribution in [0.4, 0.5) is 5.69 Å². The van der Waals surface area contributed by atoms with Crippen molar-refractivity contribution in [3.05, 3.63) is 64.8 Å². The molecule has 0 bridgehead atoms. The first-order valence-electron chi connectivity index (χ1n) is 6.68. The SMILES string of the molecule is Cc1ccc(NC(=O)c2cc3ccccc3n2C)c(Cl)c1. The predicted molar refractivity (Wildman–Crippen MR) is 87.1 cm³/mol. The minimum atomic E-state index is -0.167. The Hall–Kier alpha value is -2.26. The Kier molecular flexibility index (Phi) is 3.43. The van der Waals surface area contributed by atoms with Gasteiger partial charge < -0.3 is 9.88 Å². The number of fused-ring (bicyclic) bond motifs is 1. The molecular weight excluding hydrogens is 284 g/mol. The van der Waals surface area contributed by atoms with Gasteiger partial charge in [0.1, 0.15) is 5.69 Å². The van der Waals surface area contributed by atoms with Crippen LogP contribution in [-0.2, 0) is 7.05 Å². The van der Waals surface area contributed by atoms with Crippen molar-refractivity contribution in [2.75, 3.05) is 5.32 Å². The maximum atomic E-state index is 12.5. The number of para-hydroxylation sites is 1. The molecule has 3 nitrogen and oxygen atoms in total. The summed E-state index contributed by atoms with van der Waals surface area (Å²) in [7, 11) is 1.88. The highest BCUT2D eigenvalue weighted by Gasteiger charge is 2.14. The predicted octanol–water partition coefficient (Wildman–Crippen LogP) is 4.39. The molecule has 0 fully saturated rings. The molecule has 0 unspecified atom stereocenters. The third-order valence-corrected chi connectivity index (χ3v) is 3.87. The number of hydrogen-bond acceptors (Lipinski definition) is 1. The number of aromatic nitrogens is 1. The molecule has 0 aliphatic rings. The Bertz CT molecular complexity index is 836. The first kappa shape index (κ1) is 13.7. The van der Waals surface area contributed by atoms with Crippen molar-refractivity contribution in [2.45, 2.75) is 6.92 Å². The van der Waals surface area contributed by atoms with Gasteiger partial charge in [0, 0.05) is 18.0 Å². The molecular formula is C17H15ClN2O. The Labute approximate surface area is 128 Å². The fraction of sp³-hybridized carbons (Fsp3) is 0.118. The summed E-state index contributed by atoms with van der Waals surface area (Å²) in [5, 5.41) is 4.45. The standard InChI is InChI=1S/C17H15ClN2O/c1-11-7-8-14(13(18)9-11)19-17(21)16-10-12-5-3-4-6-15(12)20(16)2/h3-10H,1-2H3,(H,19,21). The van der Waals surface area contributed by atoms with Crippen LogP contribution >= 0.6 is 11.6 Å². The summed E-state index contributed by atoms with van der Waals surface area (Å²) >= 11 is 6.16. The summed E-state index contributed by atoms with van der Waals surface area (Å²) in [6, 6.07) is 15.4. The molecule has 106 valence electrons. The number of carbonyl (C=O) groups excluding carboxylic acids is 1. The minimum Gasteiger partial charge on any atom is -0.340 e. The lowest BCUT2D eigenvalue weighted by Crippen LogP contribution is -2.15. The van der Waals surface area contributed by atoms with Crippen LogP contribution in [0.2, 0.25) is 5.02 Å². The zero-order valence-electron chi connectivity index (χ0n) is 11.9. The Morgan fingerprint density at radius 1 is 1.14 bits per heavy atom. The van der Waals surface area contributed by atoms with Crippen LogP contribution in [0.1, 0.15) is 16.1 Å². The van der Waals surface area contributed by atoms with Crippen LogP contribution in [0, 0.1) is 6.92 Å². The maximum Gasteiger partial charge on any atom is 0.272 e. The largest absolute Gasteiger partial charge is 0.340 e. The molecule has 0 saturated carbocycles. The summed E-state index contributed by atoms with van der Waals surface area (Å²) in [4.78, 5) is 12.5. The quantitative estimate of drug-likeness (QED) is 0.748. The monoisotopic (exact) mass is 298 g/mol. The van der Waals surface area contributed by atoms with Crippen molar-refractivity contribution in [3.63, 3.8) is 0 Å². The first-order chi connectivity index (χ1) is 10.1. The molecule has 1 amide bonds. The highest BCUT2D eigenvalue weighted by molar-refractivity contribution is 6.34. The number of aryl methyl sites for hydroxylation is 2. The van der Waals surface area contributed by atoms with Crippen molar-refractivity contribution < 1.29 is 4.79 Å². The molecule has 0 atom stereocenters. The van der Waals surface area contributed by atoms with E-state index < -0.39 is 0 Å². The number of amides is 1. The third-order valence-electron chi connectivity index (χ3n) is 3.56. The van der Waals surface area contributed by atoms with Gasteiger partial charge in [0.05, 0.1) is 10.7 Å². The molecule has 0 radical (unpaired) electrons. The normalized spacial score (nSPS) is 10.8. The summed E-state index contributed by atoms with van der Waals surface area (Å²) < 4.78 is 1.88. The van der Waals surface area contributed by atoms with Gasteiger partial charge in [-0.15, -0.1) is 0 Å². The summed E-state index contributed by atoms with van der Waals surface area (Å²) in [5.74, 6) is -0.167. The zero-order chi connectivity index (χ0) is 15.0. The fourth-order valence-corrected chi connectivity index (χ4v) is 2.70. The van der Waals surface area contributed by atoms with E-state index in [9.17, 15) is 4.79 Å². The number of nitrogens with one attached hydrogen (secondary N) is 1. The lowest BCUT2D eigenvalue weighted by atomic mass is 10.2. The average molecular weight is 299 g/mol. The molecule has 2 aromatic carbocycles. The number of halogens is 1. The number of hydrogen-bond donors (Lipinski definition) is 1. The lowest BCUT2D eigenvalue weighted by Gasteiger charge is -2.08. The second-order valence-corrected chi connectivity index (χ2v) is 5.49. The molecule has 4 heteroatoms. The van der Waals surface area contributed by atoms with E-state index in [4.69, 9.17) is 11.6 Å². The molecule has 0 spiro atoms. The van der Waals surface area contributed by atoms with Gasteiger partial charge in [-0.3, -0.25) is 4.79 Å². The van der Waals surface area contributed by atoms with Crippen molar-refractivity contribution in [3.8, 4) is 0 Å². The van der Waals surface area contributed by atoms with Crippen LogP contribution < -0.4 is 5.32 Å². The van der Waals surface area contributed by atoms with Crippen LogP contribution in [0.15, 0.2) is 48.5 Å². The van der Waals surface area contributed by atoms with E-state index in [2.05, 4.69) is 5.32 Å². The highest BCUT2D eigenvalue weighted by Crippen LogP contribution is 2.24. The van der Waals surface area contributed by atoms with Gasteiger partial charge in [0.25, 0.3) is 5.91 Å². The van der Waals surface area contributed by atoms with E-state index in [0.717, 1.165) is 16.5 Å². The van der Waals surface area contributed by atoms with E-state index in [1.54, 1.807) is 0 Å². The van der Waals surface area contributed by atoms with E-state index in [1.165, 1.54) is 0 Å². The van der Waals surface area contributed by atoms with Crippen LogP contribution in [0.3, 0.4) is 0 Å². The zero-order valence-corrected chi connectivity index (χ0v) is 12.6. The van der Waals surface area contributed by atoms with Crippen LogP contribution in [0.25, 0.3) is 10.9 Å². The molecule has 0 aliphatic carbocycles. The van der Waals surface area contributed by atoms with Crippen molar-refractivity contribution in [2.24, 2.45) is 7.05 Å². The molecule has 3 rings (SSSR count). The summed E-state index contributed by atoms with van der Waals surface area (Å²) in [6.07, 6.45) is 0. The van der Waals surface area contributed by atoms with Gasteiger partial charge in [0.2, 0.25) is 0 Å². The minimum absolute atomic E-state index is 0.167. The molecule has 1 heterocycles. The first-order valence-corrected chi connectivity index (χ1v) is 7.06. The maximum absolute atomic E-state index is 12.5. The molecule has 21 heavy (non-hydrogen) atoms. The number of nitrogens with zero attached hydrogens (tertiary/aromatic N) is 1.